The van der Waals surface area contributed by atoms with Crippen LogP contribution in [-0.4, -0.2) is 26.2 Å². The lowest BCUT2D eigenvalue weighted by Crippen LogP contribution is -2.25. The second kappa shape index (κ2) is 5.03. The summed E-state index contributed by atoms with van der Waals surface area (Å²) in [6.45, 7) is 0.104. The summed E-state index contributed by atoms with van der Waals surface area (Å²) >= 11 is 4.98. The molecule has 0 aliphatic carbocycles. The van der Waals surface area contributed by atoms with Crippen molar-refractivity contribution in [2.75, 3.05) is 6.61 Å². The largest absolute Gasteiger partial charge is 0.395 e. The lowest BCUT2D eigenvalue weighted by atomic mass is 10.2. The highest BCUT2D eigenvalue weighted by Gasteiger charge is 2.06. The summed E-state index contributed by atoms with van der Waals surface area (Å²) in [5.41, 5.74) is 1.12. The van der Waals surface area contributed by atoms with E-state index in [1.807, 2.05) is 6.07 Å². The summed E-state index contributed by atoms with van der Waals surface area (Å²) in [6.07, 6.45) is 3.30. The van der Waals surface area contributed by atoms with Crippen molar-refractivity contribution in [1.29, 1.82) is 0 Å². The second-order valence-electron chi connectivity index (χ2n) is 3.44. The molecule has 2 heterocycles. The molecule has 6 heteroatoms. The third-order valence-electron chi connectivity index (χ3n) is 2.31. The molecule has 2 aromatic rings. The van der Waals surface area contributed by atoms with E-state index in [1.54, 1.807) is 24.5 Å². The van der Waals surface area contributed by atoms with Crippen LogP contribution >= 0.6 is 12.2 Å². The number of aromatic nitrogens is 3. The first-order valence-electron chi connectivity index (χ1n) is 5.08. The number of nitrogens with zero attached hydrogens (tertiary/aromatic N) is 2. The van der Waals surface area contributed by atoms with Gasteiger partial charge in [-0.05, 0) is 18.2 Å². The molecule has 0 spiro atoms. The third-order valence-corrected chi connectivity index (χ3v) is 2.53. The number of nitrogens with one attached hydrogen (secondary N) is 1. The van der Waals surface area contributed by atoms with Crippen molar-refractivity contribution in [1.82, 2.24) is 14.5 Å². The molecule has 0 aliphatic heterocycles. The van der Waals surface area contributed by atoms with Gasteiger partial charge >= 0.3 is 5.69 Å². The van der Waals surface area contributed by atoms with Crippen LogP contribution in [0.5, 0.6) is 0 Å². The van der Waals surface area contributed by atoms with Gasteiger partial charge in [-0.3, -0.25) is 14.5 Å². The van der Waals surface area contributed by atoms with Crippen LogP contribution in [0.25, 0.3) is 11.3 Å². The van der Waals surface area contributed by atoms with Crippen LogP contribution in [0.3, 0.4) is 0 Å². The van der Waals surface area contributed by atoms with E-state index in [2.05, 4.69) is 9.97 Å². The number of aromatic amines is 1. The Labute approximate surface area is 102 Å². The van der Waals surface area contributed by atoms with Crippen molar-refractivity contribution in [3.8, 4) is 11.3 Å². The van der Waals surface area contributed by atoms with Gasteiger partial charge in [0.1, 0.15) is 4.64 Å². The zero-order chi connectivity index (χ0) is 12.3. The molecule has 0 amide bonds. The molecule has 0 fully saturated rings. The molecule has 0 bridgehead atoms. The predicted molar refractivity (Wildman–Crippen MR) is 66.2 cm³/mol. The van der Waals surface area contributed by atoms with Gasteiger partial charge in [-0.2, -0.15) is 0 Å². The molecule has 0 atom stereocenters. The Morgan fingerprint density at radius 2 is 2.35 bits per heavy atom. The van der Waals surface area contributed by atoms with Crippen LogP contribution in [0, 0.1) is 4.64 Å². The molecule has 2 rings (SSSR count). The molecule has 0 unspecified atom stereocenters. The standard InChI is InChI=1S/C11H11N3O2S/c15-5-4-14-9(6-10(17)13-11(14)16)8-2-1-3-12-7-8/h1-3,6-7,15H,4-5H2,(H,13,16,17). The maximum atomic E-state index is 11.7. The van der Waals surface area contributed by atoms with Gasteiger partial charge in [0.25, 0.3) is 0 Å². The number of rotatable bonds is 3. The maximum Gasteiger partial charge on any atom is 0.327 e. The molecular weight excluding hydrogens is 238 g/mol. The molecule has 0 radical (unpaired) electrons. The monoisotopic (exact) mass is 249 g/mol. The Kier molecular flexibility index (Phi) is 3.46. The molecule has 2 aromatic heterocycles. The van der Waals surface area contributed by atoms with Crippen LogP contribution in [0.1, 0.15) is 0 Å². The summed E-state index contributed by atoms with van der Waals surface area (Å²) in [4.78, 5) is 18.3. The third kappa shape index (κ3) is 2.48. The number of H-pyrrole nitrogens is 1. The molecule has 0 aromatic carbocycles. The molecule has 2 N–H and O–H groups in total. The molecule has 0 saturated heterocycles. The first-order chi connectivity index (χ1) is 8.22. The Balaban J connectivity index is 2.67. The zero-order valence-corrected chi connectivity index (χ0v) is 9.78. The quantitative estimate of drug-likeness (QED) is 0.795. The summed E-state index contributed by atoms with van der Waals surface area (Å²) in [5.74, 6) is 0. The fourth-order valence-electron chi connectivity index (χ4n) is 1.60. The average Bonchev–Trinajstić information content (AvgIpc) is 2.33. The van der Waals surface area contributed by atoms with E-state index < -0.39 is 0 Å². The van der Waals surface area contributed by atoms with Crippen molar-refractivity contribution in [2.24, 2.45) is 0 Å². The van der Waals surface area contributed by atoms with Crippen LogP contribution < -0.4 is 5.69 Å². The Morgan fingerprint density at radius 1 is 1.53 bits per heavy atom. The van der Waals surface area contributed by atoms with Crippen molar-refractivity contribution in [2.45, 2.75) is 6.54 Å². The summed E-state index contributed by atoms with van der Waals surface area (Å²) in [6, 6.07) is 5.30. The highest BCUT2D eigenvalue weighted by molar-refractivity contribution is 7.71. The van der Waals surface area contributed by atoms with Crippen molar-refractivity contribution in [3.63, 3.8) is 0 Å². The van der Waals surface area contributed by atoms with Gasteiger partial charge in [-0.15, -0.1) is 0 Å². The fraction of sp³-hybridized carbons (Fsp3) is 0.182. The Morgan fingerprint density at radius 3 is 3.00 bits per heavy atom. The van der Waals surface area contributed by atoms with Crippen molar-refractivity contribution in [3.05, 3.63) is 45.7 Å². The number of hydrogen-bond acceptors (Lipinski definition) is 4. The number of aliphatic hydroxyl groups is 1. The normalized spacial score (nSPS) is 10.4. The fourth-order valence-corrected chi connectivity index (χ4v) is 1.79. The first-order valence-corrected chi connectivity index (χ1v) is 5.48. The molecule has 0 aliphatic rings. The summed E-state index contributed by atoms with van der Waals surface area (Å²) in [5, 5.41) is 8.97. The van der Waals surface area contributed by atoms with E-state index in [0.717, 1.165) is 5.56 Å². The van der Waals surface area contributed by atoms with E-state index in [4.69, 9.17) is 17.3 Å². The second-order valence-corrected chi connectivity index (χ2v) is 3.88. The zero-order valence-electron chi connectivity index (χ0n) is 8.96. The van der Waals surface area contributed by atoms with Gasteiger partial charge in [0.05, 0.1) is 18.8 Å². The summed E-state index contributed by atoms with van der Waals surface area (Å²) < 4.78 is 1.80. The van der Waals surface area contributed by atoms with E-state index in [-0.39, 0.29) is 18.8 Å². The first kappa shape index (κ1) is 11.7. The van der Waals surface area contributed by atoms with E-state index in [0.29, 0.717) is 10.3 Å². The molecule has 5 nitrogen and oxygen atoms in total. The minimum absolute atomic E-state index is 0.113. The predicted octanol–water partition coefficient (Wildman–Crippen LogP) is 0.960. The highest BCUT2D eigenvalue weighted by Crippen LogP contribution is 2.15. The van der Waals surface area contributed by atoms with Gasteiger partial charge in [-0.1, -0.05) is 12.2 Å². The molecular formula is C11H11N3O2S. The van der Waals surface area contributed by atoms with E-state index >= 15 is 0 Å². The topological polar surface area (TPSA) is 70.9 Å². The molecule has 88 valence electrons. The van der Waals surface area contributed by atoms with Gasteiger partial charge in [0, 0.05) is 18.0 Å². The summed E-state index contributed by atoms with van der Waals surface area (Å²) in [7, 11) is 0. The van der Waals surface area contributed by atoms with E-state index in [9.17, 15) is 4.79 Å². The van der Waals surface area contributed by atoms with Crippen LogP contribution in [0.15, 0.2) is 35.4 Å². The Bertz CT molecular complexity index is 619. The van der Waals surface area contributed by atoms with Crippen molar-refractivity contribution < 1.29 is 5.11 Å². The Hall–Kier alpha value is -1.79. The van der Waals surface area contributed by atoms with Crippen LogP contribution in [-0.2, 0) is 6.54 Å². The highest BCUT2D eigenvalue weighted by atomic mass is 32.1. The molecule has 0 saturated carbocycles. The molecule has 17 heavy (non-hydrogen) atoms. The SMILES string of the molecule is O=c1[nH]c(=S)cc(-c2cccnc2)n1CCO. The van der Waals surface area contributed by atoms with Crippen LogP contribution in [0.4, 0.5) is 0 Å². The smallest absolute Gasteiger partial charge is 0.327 e. The van der Waals surface area contributed by atoms with Crippen LogP contribution in [0.2, 0.25) is 0 Å². The van der Waals surface area contributed by atoms with Crippen molar-refractivity contribution >= 4 is 12.2 Å². The van der Waals surface area contributed by atoms with E-state index in [1.165, 1.54) is 4.57 Å². The number of aliphatic hydroxyl groups excluding tert-OH is 1. The minimum atomic E-state index is -0.328. The average molecular weight is 249 g/mol. The van der Waals surface area contributed by atoms with Gasteiger partial charge in [0.15, 0.2) is 0 Å². The number of hydrogen-bond donors (Lipinski definition) is 2. The lowest BCUT2D eigenvalue weighted by molar-refractivity contribution is 0.274. The number of pyridine rings is 1. The van der Waals surface area contributed by atoms with Gasteiger partial charge < -0.3 is 5.11 Å². The maximum absolute atomic E-state index is 11.7. The lowest BCUT2D eigenvalue weighted by Gasteiger charge is -2.10. The van der Waals surface area contributed by atoms with Gasteiger partial charge in [-0.25, -0.2) is 4.79 Å². The minimum Gasteiger partial charge on any atom is -0.395 e. The van der Waals surface area contributed by atoms with Gasteiger partial charge in [0.2, 0.25) is 0 Å².